The molecule has 4 nitrogen and oxygen atoms in total. The predicted molar refractivity (Wildman–Crippen MR) is 53.3 cm³/mol. The van der Waals surface area contributed by atoms with Crippen LogP contribution < -0.4 is 16.6 Å². The van der Waals surface area contributed by atoms with E-state index in [9.17, 15) is 4.79 Å². The lowest BCUT2D eigenvalue weighted by Crippen LogP contribution is -2.42. The standard InChI is InChI=1S/C10H13N3O/c11-10(14)9-8(6-12-13-9)7-4-2-1-3-5-7/h1-5,8-9,12-13H,6H2,(H2,11,14). The van der Waals surface area contributed by atoms with Gasteiger partial charge in [0.2, 0.25) is 5.91 Å². The summed E-state index contributed by atoms with van der Waals surface area (Å²) in [5.41, 5.74) is 12.2. The first-order valence-corrected chi connectivity index (χ1v) is 4.61. The van der Waals surface area contributed by atoms with Gasteiger partial charge in [-0.15, -0.1) is 0 Å². The molecule has 0 radical (unpaired) electrons. The van der Waals surface area contributed by atoms with Gasteiger partial charge in [-0.3, -0.25) is 10.2 Å². The van der Waals surface area contributed by atoms with E-state index in [1.807, 2.05) is 30.3 Å². The van der Waals surface area contributed by atoms with Gasteiger partial charge in [-0.05, 0) is 5.56 Å². The lowest BCUT2D eigenvalue weighted by atomic mass is 9.93. The maximum Gasteiger partial charge on any atom is 0.236 e. The molecule has 74 valence electrons. The Labute approximate surface area is 82.5 Å². The zero-order valence-electron chi connectivity index (χ0n) is 7.73. The van der Waals surface area contributed by atoms with E-state index in [2.05, 4.69) is 10.9 Å². The second-order valence-corrected chi connectivity index (χ2v) is 3.42. The van der Waals surface area contributed by atoms with E-state index in [0.717, 1.165) is 12.1 Å². The Hall–Kier alpha value is -1.39. The second-order valence-electron chi connectivity index (χ2n) is 3.42. The van der Waals surface area contributed by atoms with Gasteiger partial charge >= 0.3 is 0 Å². The van der Waals surface area contributed by atoms with Crippen LogP contribution in [0.25, 0.3) is 0 Å². The summed E-state index contributed by atoms with van der Waals surface area (Å²) >= 11 is 0. The van der Waals surface area contributed by atoms with Crippen LogP contribution in [-0.2, 0) is 4.79 Å². The monoisotopic (exact) mass is 191 g/mol. The zero-order valence-corrected chi connectivity index (χ0v) is 7.73. The van der Waals surface area contributed by atoms with Crippen molar-refractivity contribution in [1.82, 2.24) is 10.9 Å². The largest absolute Gasteiger partial charge is 0.368 e. The van der Waals surface area contributed by atoms with Crippen molar-refractivity contribution in [2.45, 2.75) is 12.0 Å². The normalized spacial score (nSPS) is 26.3. The van der Waals surface area contributed by atoms with E-state index in [1.54, 1.807) is 0 Å². The first-order chi connectivity index (χ1) is 6.79. The van der Waals surface area contributed by atoms with Crippen LogP contribution in [0.1, 0.15) is 11.5 Å². The summed E-state index contributed by atoms with van der Waals surface area (Å²) in [5.74, 6) is -0.183. The van der Waals surface area contributed by atoms with E-state index < -0.39 is 0 Å². The molecule has 1 aromatic rings. The Bertz CT molecular complexity index is 325. The van der Waals surface area contributed by atoms with E-state index >= 15 is 0 Å². The first-order valence-electron chi connectivity index (χ1n) is 4.61. The van der Waals surface area contributed by atoms with Crippen molar-refractivity contribution in [2.24, 2.45) is 5.73 Å². The molecule has 0 aliphatic carbocycles. The van der Waals surface area contributed by atoms with Crippen LogP contribution in [-0.4, -0.2) is 18.5 Å². The molecule has 0 saturated carbocycles. The number of hydrogen-bond donors (Lipinski definition) is 3. The first kappa shape index (κ1) is 9.18. The van der Waals surface area contributed by atoms with Crippen LogP contribution in [0, 0.1) is 0 Å². The topological polar surface area (TPSA) is 67.2 Å². The van der Waals surface area contributed by atoms with Gasteiger partial charge in [0.15, 0.2) is 0 Å². The van der Waals surface area contributed by atoms with Crippen LogP contribution in [0.2, 0.25) is 0 Å². The third-order valence-corrected chi connectivity index (χ3v) is 2.52. The number of amides is 1. The molecule has 0 bridgehead atoms. The van der Waals surface area contributed by atoms with Crippen LogP contribution in [0.5, 0.6) is 0 Å². The second kappa shape index (κ2) is 3.77. The summed E-state index contributed by atoms with van der Waals surface area (Å²) in [7, 11) is 0. The van der Waals surface area contributed by atoms with Gasteiger partial charge in [-0.2, -0.15) is 0 Å². The number of hydrazine groups is 1. The van der Waals surface area contributed by atoms with E-state index in [-0.39, 0.29) is 17.9 Å². The molecule has 1 heterocycles. The highest BCUT2D eigenvalue weighted by Gasteiger charge is 2.31. The maximum absolute atomic E-state index is 11.1. The summed E-state index contributed by atoms with van der Waals surface area (Å²) in [6.07, 6.45) is 0. The molecule has 2 atom stereocenters. The molecule has 14 heavy (non-hydrogen) atoms. The quantitative estimate of drug-likeness (QED) is 0.603. The summed E-state index contributed by atoms with van der Waals surface area (Å²) in [6, 6.07) is 9.60. The smallest absolute Gasteiger partial charge is 0.236 e. The van der Waals surface area contributed by atoms with Gasteiger partial charge in [0.05, 0.1) is 0 Å². The minimum Gasteiger partial charge on any atom is -0.368 e. The molecule has 1 aliphatic rings. The van der Waals surface area contributed by atoms with Crippen molar-refractivity contribution in [3.05, 3.63) is 35.9 Å². The number of carbonyl (C=O) groups is 1. The number of nitrogens with one attached hydrogen (secondary N) is 2. The highest BCUT2D eigenvalue weighted by atomic mass is 16.1. The Morgan fingerprint density at radius 2 is 2.07 bits per heavy atom. The van der Waals surface area contributed by atoms with E-state index in [1.165, 1.54) is 0 Å². The third-order valence-electron chi connectivity index (χ3n) is 2.52. The van der Waals surface area contributed by atoms with Crippen LogP contribution >= 0.6 is 0 Å². The molecule has 0 aromatic heterocycles. The zero-order chi connectivity index (χ0) is 9.97. The van der Waals surface area contributed by atoms with Gasteiger partial charge in [-0.25, -0.2) is 5.43 Å². The predicted octanol–water partition coefficient (Wildman–Crippen LogP) is -0.268. The number of benzene rings is 1. The summed E-state index contributed by atoms with van der Waals surface area (Å²) in [6.45, 7) is 0.734. The average Bonchev–Trinajstić information content (AvgIpc) is 2.67. The molecule has 2 rings (SSSR count). The van der Waals surface area contributed by atoms with Gasteiger partial charge in [0.1, 0.15) is 6.04 Å². The van der Waals surface area contributed by atoms with E-state index in [0.29, 0.717) is 0 Å². The average molecular weight is 191 g/mol. The fourth-order valence-corrected chi connectivity index (χ4v) is 1.78. The van der Waals surface area contributed by atoms with Crippen molar-refractivity contribution < 1.29 is 4.79 Å². The molecule has 1 saturated heterocycles. The molecule has 1 aliphatic heterocycles. The summed E-state index contributed by atoms with van der Waals surface area (Å²) in [4.78, 5) is 11.1. The molecule has 0 spiro atoms. The molecule has 1 fully saturated rings. The van der Waals surface area contributed by atoms with Crippen molar-refractivity contribution >= 4 is 5.91 Å². The Kier molecular flexibility index (Phi) is 2.47. The molecular weight excluding hydrogens is 178 g/mol. The fourth-order valence-electron chi connectivity index (χ4n) is 1.78. The number of nitrogens with two attached hydrogens (primary N) is 1. The third kappa shape index (κ3) is 1.62. The molecule has 4 N–H and O–H groups in total. The van der Waals surface area contributed by atoms with Gasteiger partial charge in [-0.1, -0.05) is 30.3 Å². The van der Waals surface area contributed by atoms with Crippen molar-refractivity contribution in [2.75, 3.05) is 6.54 Å². The molecule has 2 unspecified atom stereocenters. The maximum atomic E-state index is 11.1. The lowest BCUT2D eigenvalue weighted by molar-refractivity contribution is -0.120. The fraction of sp³-hybridized carbons (Fsp3) is 0.300. The van der Waals surface area contributed by atoms with Crippen molar-refractivity contribution in [1.29, 1.82) is 0 Å². The highest BCUT2D eigenvalue weighted by molar-refractivity contribution is 5.81. The van der Waals surface area contributed by atoms with Crippen LogP contribution in [0.4, 0.5) is 0 Å². The van der Waals surface area contributed by atoms with Gasteiger partial charge < -0.3 is 5.73 Å². The van der Waals surface area contributed by atoms with Crippen LogP contribution in [0.15, 0.2) is 30.3 Å². The Balaban J connectivity index is 2.22. The Morgan fingerprint density at radius 3 is 2.71 bits per heavy atom. The SMILES string of the molecule is NC(=O)C1NNCC1c1ccccc1. The van der Waals surface area contributed by atoms with Crippen LogP contribution in [0.3, 0.4) is 0 Å². The number of carbonyl (C=O) groups excluding carboxylic acids is 1. The minimum absolute atomic E-state index is 0.133. The van der Waals surface area contributed by atoms with Crippen molar-refractivity contribution in [3.8, 4) is 0 Å². The lowest BCUT2D eigenvalue weighted by Gasteiger charge is -2.14. The van der Waals surface area contributed by atoms with Gasteiger partial charge in [0, 0.05) is 12.5 Å². The highest BCUT2D eigenvalue weighted by Crippen LogP contribution is 2.21. The van der Waals surface area contributed by atoms with Gasteiger partial charge in [0.25, 0.3) is 0 Å². The summed E-state index contributed by atoms with van der Waals surface area (Å²) in [5, 5.41) is 0. The number of rotatable bonds is 2. The Morgan fingerprint density at radius 1 is 1.36 bits per heavy atom. The molecular formula is C10H13N3O. The van der Waals surface area contributed by atoms with Crippen molar-refractivity contribution in [3.63, 3.8) is 0 Å². The summed E-state index contributed by atoms with van der Waals surface area (Å²) < 4.78 is 0. The number of primary amides is 1. The van der Waals surface area contributed by atoms with E-state index in [4.69, 9.17) is 5.73 Å². The molecule has 1 aromatic carbocycles. The molecule has 1 amide bonds. The number of hydrogen-bond acceptors (Lipinski definition) is 3. The minimum atomic E-state index is -0.316. The molecule has 4 heteroatoms.